The van der Waals surface area contributed by atoms with E-state index in [0.717, 1.165) is 23.0 Å². The van der Waals surface area contributed by atoms with Crippen molar-refractivity contribution in [3.8, 4) is 23.0 Å². The summed E-state index contributed by atoms with van der Waals surface area (Å²) in [7, 11) is 2.11. The molecule has 0 spiro atoms. The molecule has 4 rings (SSSR count). The zero-order valence-corrected chi connectivity index (χ0v) is 20.9. The minimum atomic E-state index is -0.690. The molecular weight excluding hydrogens is 414 g/mol. The van der Waals surface area contributed by atoms with E-state index in [0.29, 0.717) is 0 Å². The number of fused-ring (bicyclic) bond motifs is 2. The molecule has 6 heteroatoms. The summed E-state index contributed by atoms with van der Waals surface area (Å²) in [6, 6.07) is 12.3. The first kappa shape index (κ1) is 21.7. The standard InChI is InChI=1S/C24H32O4P2/c1-23(2,3)29-19-15(25-7)11-9-13-17(19)27-21(29)22-28-18-14-10-12-16(26-8)20(18)30(22)24(4,5)6/h9-14,21-22H,1-8H3/t21-,22+,29?,30?. The fourth-order valence-electron chi connectivity index (χ4n) is 4.42. The van der Waals surface area contributed by atoms with E-state index < -0.39 is 15.8 Å². The fourth-order valence-corrected chi connectivity index (χ4v) is 11.2. The summed E-state index contributed by atoms with van der Waals surface area (Å²) < 4.78 is 24.9. The maximum atomic E-state index is 6.70. The Morgan fingerprint density at radius 2 is 1.03 bits per heavy atom. The minimum absolute atomic E-state index is 0.0336. The van der Waals surface area contributed by atoms with Gasteiger partial charge in [-0.1, -0.05) is 53.7 Å². The Balaban J connectivity index is 1.85. The molecule has 0 fully saturated rings. The molecule has 4 atom stereocenters. The zero-order valence-electron chi connectivity index (χ0n) is 19.1. The van der Waals surface area contributed by atoms with Crippen LogP contribution in [-0.4, -0.2) is 36.2 Å². The lowest BCUT2D eigenvalue weighted by Gasteiger charge is -2.39. The summed E-state index contributed by atoms with van der Waals surface area (Å²) in [4.78, 5) is 0. The van der Waals surface area contributed by atoms with Crippen LogP contribution in [0.15, 0.2) is 36.4 Å². The summed E-state index contributed by atoms with van der Waals surface area (Å²) in [5, 5.41) is 2.54. The van der Waals surface area contributed by atoms with Gasteiger partial charge in [0.2, 0.25) is 0 Å². The van der Waals surface area contributed by atoms with Crippen LogP contribution in [-0.2, 0) is 0 Å². The van der Waals surface area contributed by atoms with Crippen LogP contribution in [0.25, 0.3) is 0 Å². The Hall–Kier alpha value is -1.50. The van der Waals surface area contributed by atoms with Crippen LogP contribution < -0.4 is 29.6 Å². The lowest BCUT2D eigenvalue weighted by atomic mass is 10.2. The molecule has 2 aliphatic rings. The lowest BCUT2D eigenvalue weighted by Crippen LogP contribution is -2.38. The predicted molar refractivity (Wildman–Crippen MR) is 127 cm³/mol. The van der Waals surface area contributed by atoms with E-state index in [1.54, 1.807) is 14.2 Å². The van der Waals surface area contributed by atoms with Gasteiger partial charge in [0, 0.05) is 0 Å². The molecule has 0 radical (unpaired) electrons. The second kappa shape index (κ2) is 7.57. The highest BCUT2D eigenvalue weighted by molar-refractivity contribution is 7.72. The van der Waals surface area contributed by atoms with E-state index in [1.807, 2.05) is 24.3 Å². The van der Waals surface area contributed by atoms with Gasteiger partial charge in [-0.3, -0.25) is 0 Å². The van der Waals surface area contributed by atoms with Gasteiger partial charge >= 0.3 is 0 Å². The fraction of sp³-hybridized carbons (Fsp3) is 0.500. The second-order valence-electron chi connectivity index (χ2n) is 9.71. The third kappa shape index (κ3) is 3.47. The summed E-state index contributed by atoms with van der Waals surface area (Å²) in [5.74, 6) is 3.66. The normalized spacial score (nSPS) is 25.2. The van der Waals surface area contributed by atoms with Crippen molar-refractivity contribution in [1.82, 2.24) is 0 Å². The third-order valence-electron chi connectivity index (χ3n) is 5.54. The summed E-state index contributed by atoms with van der Waals surface area (Å²) in [5.41, 5.74) is 0. The van der Waals surface area contributed by atoms with Crippen LogP contribution in [0.2, 0.25) is 0 Å². The van der Waals surface area contributed by atoms with Crippen molar-refractivity contribution in [2.24, 2.45) is 0 Å². The molecule has 0 amide bonds. The van der Waals surface area contributed by atoms with Crippen LogP contribution in [0.3, 0.4) is 0 Å². The van der Waals surface area contributed by atoms with Gasteiger partial charge in [0.05, 0.1) is 24.8 Å². The number of hydrogen-bond donors (Lipinski definition) is 0. The van der Waals surface area contributed by atoms with E-state index in [4.69, 9.17) is 18.9 Å². The molecule has 0 saturated carbocycles. The number of methoxy groups -OCH3 is 2. The molecule has 2 aromatic carbocycles. The van der Waals surface area contributed by atoms with Crippen molar-refractivity contribution in [1.29, 1.82) is 0 Å². The van der Waals surface area contributed by atoms with Crippen LogP contribution in [0.4, 0.5) is 0 Å². The molecule has 2 heterocycles. The highest BCUT2D eigenvalue weighted by atomic mass is 31.1. The topological polar surface area (TPSA) is 36.9 Å². The van der Waals surface area contributed by atoms with Gasteiger partial charge in [0.15, 0.2) is 11.7 Å². The lowest BCUT2D eigenvalue weighted by molar-refractivity contribution is 0.171. The van der Waals surface area contributed by atoms with Crippen LogP contribution >= 0.6 is 15.8 Å². The second-order valence-corrected chi connectivity index (χ2v) is 15.8. The number of benzene rings is 2. The average Bonchev–Trinajstić information content (AvgIpc) is 3.25. The highest BCUT2D eigenvalue weighted by Gasteiger charge is 2.55. The van der Waals surface area contributed by atoms with E-state index in [-0.39, 0.29) is 22.0 Å². The number of rotatable bonds is 3. The SMILES string of the molecule is COc1cccc2c1P(C(C)(C)C)[C@@H]([C@@H]1Oc3cccc(OC)c3P1C(C)(C)C)O2. The summed E-state index contributed by atoms with van der Waals surface area (Å²) >= 11 is 0. The van der Waals surface area contributed by atoms with E-state index in [1.165, 1.54) is 10.6 Å². The Morgan fingerprint density at radius 1 is 0.667 bits per heavy atom. The molecule has 0 bridgehead atoms. The minimum Gasteiger partial charge on any atom is -0.496 e. The van der Waals surface area contributed by atoms with Gasteiger partial charge in [-0.2, -0.15) is 0 Å². The summed E-state index contributed by atoms with van der Waals surface area (Å²) in [6.45, 7) is 13.8. The maximum Gasteiger partial charge on any atom is 0.162 e. The molecular formula is C24H32O4P2. The van der Waals surface area contributed by atoms with E-state index in [2.05, 4.69) is 53.7 Å². The third-order valence-corrected chi connectivity index (χ3v) is 12.3. The van der Waals surface area contributed by atoms with Crippen molar-refractivity contribution < 1.29 is 18.9 Å². The van der Waals surface area contributed by atoms with E-state index >= 15 is 0 Å². The van der Waals surface area contributed by atoms with Gasteiger partial charge < -0.3 is 18.9 Å². The molecule has 0 aromatic heterocycles. The summed E-state index contributed by atoms with van der Waals surface area (Å²) in [6.07, 6.45) is 0. The number of hydrogen-bond acceptors (Lipinski definition) is 4. The van der Waals surface area contributed by atoms with Crippen LogP contribution in [0.5, 0.6) is 23.0 Å². The number of ether oxygens (including phenoxy) is 4. The predicted octanol–water partition coefficient (Wildman–Crippen LogP) is 5.65. The molecule has 2 aliphatic heterocycles. The molecule has 4 nitrogen and oxygen atoms in total. The van der Waals surface area contributed by atoms with Crippen molar-refractivity contribution in [3.05, 3.63) is 36.4 Å². The van der Waals surface area contributed by atoms with Crippen LogP contribution in [0, 0.1) is 0 Å². The molecule has 0 saturated heterocycles. The smallest absolute Gasteiger partial charge is 0.162 e. The molecule has 0 aliphatic carbocycles. The highest BCUT2D eigenvalue weighted by Crippen LogP contribution is 2.69. The quantitative estimate of drug-likeness (QED) is 0.571. The van der Waals surface area contributed by atoms with Gasteiger partial charge in [0.1, 0.15) is 23.0 Å². The average molecular weight is 446 g/mol. The Bertz CT molecular complexity index is 868. The first-order valence-electron chi connectivity index (χ1n) is 10.3. The largest absolute Gasteiger partial charge is 0.496 e. The van der Waals surface area contributed by atoms with Crippen molar-refractivity contribution in [2.45, 2.75) is 63.5 Å². The Labute approximate surface area is 182 Å². The van der Waals surface area contributed by atoms with Gasteiger partial charge in [0.25, 0.3) is 0 Å². The Morgan fingerprint density at radius 3 is 1.33 bits per heavy atom. The molecule has 30 heavy (non-hydrogen) atoms. The molecule has 2 aromatic rings. The van der Waals surface area contributed by atoms with E-state index in [9.17, 15) is 0 Å². The van der Waals surface area contributed by atoms with Crippen molar-refractivity contribution in [3.63, 3.8) is 0 Å². The molecule has 2 unspecified atom stereocenters. The first-order valence-corrected chi connectivity index (χ1v) is 13.2. The first-order chi connectivity index (χ1) is 14.1. The Kier molecular flexibility index (Phi) is 5.48. The molecule has 0 N–H and O–H groups in total. The van der Waals surface area contributed by atoms with Crippen LogP contribution in [0.1, 0.15) is 41.5 Å². The van der Waals surface area contributed by atoms with Crippen molar-refractivity contribution in [2.75, 3.05) is 14.2 Å². The van der Waals surface area contributed by atoms with Crippen molar-refractivity contribution >= 4 is 26.5 Å². The molecule has 162 valence electrons. The van der Waals surface area contributed by atoms with Gasteiger partial charge in [-0.25, -0.2) is 0 Å². The maximum absolute atomic E-state index is 6.70. The van der Waals surface area contributed by atoms with Gasteiger partial charge in [-0.05, 0) is 50.4 Å². The van der Waals surface area contributed by atoms with Gasteiger partial charge in [-0.15, -0.1) is 0 Å². The monoisotopic (exact) mass is 446 g/mol. The zero-order chi connectivity index (χ0) is 21.8.